The van der Waals surface area contributed by atoms with Gasteiger partial charge in [-0.2, -0.15) is 0 Å². The zero-order chi connectivity index (χ0) is 37.0. The number of hydrogen-bond acceptors (Lipinski definition) is 14. The molecule has 0 fully saturated rings. The number of aliphatic hydroxyl groups excluding tert-OH is 7. The minimum atomic E-state index is -1.80. The summed E-state index contributed by atoms with van der Waals surface area (Å²) in [7, 11) is 7.22. The Balaban J connectivity index is 4.91. The monoisotopic (exact) mass is 695 g/mol. The largest absolute Gasteiger partial charge is 0.394 e. The second-order valence-corrected chi connectivity index (χ2v) is 11.8. The standard InChI is InChI=1S/C29H57N7O12/c1-30-12-24(43)33(3)15-26(45)35(5)17-27(46)34(4)16-25(44)32(2)14-23(42)31-9-11-36(10-7-6-8-20(39)18-37)13-21(40)28(47)29(48)22(41)19-38/h20-22,28-30,37-41,47-48H,6-19H2,1-5H3,(H,31,42)/t20-,21-,22+,28+,29+/m1/s1. The summed E-state index contributed by atoms with van der Waals surface area (Å²) < 4.78 is 0. The summed E-state index contributed by atoms with van der Waals surface area (Å²) in [6, 6.07) is 0. The lowest BCUT2D eigenvalue weighted by atomic mass is 10.0. The first-order valence-corrected chi connectivity index (χ1v) is 15.7. The molecule has 9 N–H and O–H groups in total. The zero-order valence-corrected chi connectivity index (χ0v) is 28.7. The molecular formula is C29H57N7O12. The first-order chi connectivity index (χ1) is 22.5. The van der Waals surface area contributed by atoms with Crippen LogP contribution in [-0.2, 0) is 24.0 Å². The first kappa shape index (κ1) is 45.0. The molecule has 0 radical (unpaired) electrons. The van der Waals surface area contributed by atoms with E-state index in [0.29, 0.717) is 25.8 Å². The summed E-state index contributed by atoms with van der Waals surface area (Å²) in [6.07, 6.45) is -6.24. The minimum Gasteiger partial charge on any atom is -0.394 e. The normalized spacial score (nSPS) is 14.4. The van der Waals surface area contributed by atoms with Crippen LogP contribution in [0.5, 0.6) is 0 Å². The summed E-state index contributed by atoms with van der Waals surface area (Å²) in [6.45, 7) is -1.97. The SMILES string of the molecule is CNCC(=O)N(C)CC(=O)N(C)CC(=O)N(C)CC(=O)N(C)CC(=O)NCCN(CCCC[C@@H](O)CO)C[C@@H](O)[C@H](O)[C@@H](O)[C@@H](O)CO. The predicted molar refractivity (Wildman–Crippen MR) is 172 cm³/mol. The van der Waals surface area contributed by atoms with E-state index in [4.69, 9.17) is 10.2 Å². The zero-order valence-electron chi connectivity index (χ0n) is 28.7. The van der Waals surface area contributed by atoms with Crippen molar-refractivity contribution in [1.29, 1.82) is 0 Å². The summed E-state index contributed by atoms with van der Waals surface area (Å²) >= 11 is 0. The maximum atomic E-state index is 12.7. The fraction of sp³-hybridized carbons (Fsp3) is 0.828. The number of carbonyl (C=O) groups excluding carboxylic acids is 5. The van der Waals surface area contributed by atoms with Crippen LogP contribution in [0.25, 0.3) is 0 Å². The van der Waals surface area contributed by atoms with E-state index in [1.807, 2.05) is 0 Å². The van der Waals surface area contributed by atoms with E-state index in [1.54, 1.807) is 11.9 Å². The smallest absolute Gasteiger partial charge is 0.242 e. The molecule has 280 valence electrons. The average molecular weight is 696 g/mol. The Kier molecular flexibility index (Phi) is 22.7. The van der Waals surface area contributed by atoms with Gasteiger partial charge in [-0.1, -0.05) is 0 Å². The van der Waals surface area contributed by atoms with Gasteiger partial charge in [-0.25, -0.2) is 0 Å². The molecule has 19 heteroatoms. The van der Waals surface area contributed by atoms with Gasteiger partial charge in [0.1, 0.15) is 18.3 Å². The maximum Gasteiger partial charge on any atom is 0.242 e. The molecule has 0 saturated carbocycles. The second-order valence-electron chi connectivity index (χ2n) is 11.8. The number of amides is 5. The lowest BCUT2D eigenvalue weighted by Crippen LogP contribution is -2.51. The highest BCUT2D eigenvalue weighted by molar-refractivity contribution is 5.91. The van der Waals surface area contributed by atoms with Gasteiger partial charge >= 0.3 is 0 Å². The number of nitrogens with zero attached hydrogens (tertiary/aromatic N) is 5. The number of likely N-dealkylation sites (N-methyl/N-ethyl adjacent to an activating group) is 5. The Morgan fingerprint density at radius 1 is 0.625 bits per heavy atom. The molecule has 0 rings (SSSR count). The molecule has 5 atom stereocenters. The van der Waals surface area contributed by atoms with E-state index >= 15 is 0 Å². The molecule has 0 aromatic heterocycles. The third-order valence-corrected chi connectivity index (χ3v) is 7.52. The van der Waals surface area contributed by atoms with Gasteiger partial charge in [-0.05, 0) is 32.9 Å². The molecule has 5 amide bonds. The molecular weight excluding hydrogens is 638 g/mol. The van der Waals surface area contributed by atoms with Gasteiger partial charge in [0.15, 0.2) is 0 Å². The molecule has 0 saturated heterocycles. The van der Waals surface area contributed by atoms with Crippen LogP contribution in [0.15, 0.2) is 0 Å². The third kappa shape index (κ3) is 17.9. The van der Waals surface area contributed by atoms with E-state index in [2.05, 4.69) is 10.6 Å². The highest BCUT2D eigenvalue weighted by Gasteiger charge is 2.31. The van der Waals surface area contributed by atoms with Crippen molar-refractivity contribution in [3.8, 4) is 0 Å². The van der Waals surface area contributed by atoms with Gasteiger partial charge in [-0.15, -0.1) is 0 Å². The van der Waals surface area contributed by atoms with Gasteiger partial charge < -0.3 is 66.0 Å². The fourth-order valence-electron chi connectivity index (χ4n) is 4.27. The van der Waals surface area contributed by atoms with Crippen LogP contribution in [0.2, 0.25) is 0 Å². The Morgan fingerprint density at radius 2 is 1.10 bits per heavy atom. The van der Waals surface area contributed by atoms with Crippen LogP contribution in [0.4, 0.5) is 0 Å². The Labute approximate surface area is 281 Å². The number of nitrogens with one attached hydrogen (secondary N) is 2. The van der Waals surface area contributed by atoms with Gasteiger partial charge in [0.2, 0.25) is 29.5 Å². The molecule has 0 spiro atoms. The first-order valence-electron chi connectivity index (χ1n) is 15.7. The summed E-state index contributed by atoms with van der Waals surface area (Å²) in [4.78, 5) is 68.4. The Morgan fingerprint density at radius 3 is 1.58 bits per heavy atom. The molecule has 0 aromatic carbocycles. The fourth-order valence-corrected chi connectivity index (χ4v) is 4.27. The molecule has 0 aliphatic heterocycles. The second kappa shape index (κ2) is 24.2. The van der Waals surface area contributed by atoms with Crippen molar-refractivity contribution >= 4 is 29.5 Å². The van der Waals surface area contributed by atoms with Crippen LogP contribution in [-0.4, -0.2) is 228 Å². The molecule has 19 nitrogen and oxygen atoms in total. The number of carbonyl (C=O) groups is 5. The number of unbranched alkanes of at least 4 members (excludes halogenated alkanes) is 1. The molecule has 0 aliphatic carbocycles. The average Bonchev–Trinajstić information content (AvgIpc) is 3.04. The van der Waals surface area contributed by atoms with Gasteiger partial charge in [0, 0.05) is 47.8 Å². The van der Waals surface area contributed by atoms with E-state index < -0.39 is 60.8 Å². The third-order valence-electron chi connectivity index (χ3n) is 7.52. The molecule has 0 unspecified atom stereocenters. The maximum absolute atomic E-state index is 12.7. The molecule has 48 heavy (non-hydrogen) atoms. The lowest BCUT2D eigenvalue weighted by molar-refractivity contribution is -0.144. The predicted octanol–water partition coefficient (Wildman–Crippen LogP) is -6.58. The van der Waals surface area contributed by atoms with Gasteiger partial charge in [-0.3, -0.25) is 28.9 Å². The van der Waals surface area contributed by atoms with Crippen molar-refractivity contribution in [2.45, 2.75) is 49.8 Å². The van der Waals surface area contributed by atoms with Crippen LogP contribution in [0.1, 0.15) is 19.3 Å². The molecule has 0 aliphatic rings. The van der Waals surface area contributed by atoms with Crippen molar-refractivity contribution in [3.63, 3.8) is 0 Å². The van der Waals surface area contributed by atoms with Crippen LogP contribution >= 0.6 is 0 Å². The molecule has 0 aromatic rings. The van der Waals surface area contributed by atoms with Crippen molar-refractivity contribution in [1.82, 2.24) is 35.1 Å². The van der Waals surface area contributed by atoms with Crippen molar-refractivity contribution in [3.05, 3.63) is 0 Å². The van der Waals surface area contributed by atoms with Crippen LogP contribution in [0.3, 0.4) is 0 Å². The quantitative estimate of drug-likeness (QED) is 0.0402. The molecule has 0 heterocycles. The van der Waals surface area contributed by atoms with Crippen molar-refractivity contribution < 1.29 is 59.7 Å². The Hall–Kier alpha value is -3.01. The number of hydrogen-bond donors (Lipinski definition) is 9. The summed E-state index contributed by atoms with van der Waals surface area (Å²) in [5.41, 5.74) is 0. The summed E-state index contributed by atoms with van der Waals surface area (Å²) in [5.74, 6) is -2.35. The van der Waals surface area contributed by atoms with Gasteiger partial charge in [0.05, 0.1) is 58.1 Å². The number of rotatable bonds is 25. The van der Waals surface area contributed by atoms with E-state index in [1.165, 1.54) is 33.1 Å². The van der Waals surface area contributed by atoms with Crippen LogP contribution < -0.4 is 10.6 Å². The Bertz CT molecular complexity index is 994. The van der Waals surface area contributed by atoms with E-state index in [9.17, 15) is 49.5 Å². The topological polar surface area (TPSA) is 267 Å². The van der Waals surface area contributed by atoms with Crippen molar-refractivity contribution in [2.75, 3.05) is 107 Å². The highest BCUT2D eigenvalue weighted by Crippen LogP contribution is 2.09. The van der Waals surface area contributed by atoms with E-state index in [-0.39, 0.29) is 64.9 Å². The van der Waals surface area contributed by atoms with Gasteiger partial charge in [0.25, 0.3) is 0 Å². The molecule has 0 bridgehead atoms. The van der Waals surface area contributed by atoms with E-state index in [0.717, 1.165) is 14.7 Å². The van der Waals surface area contributed by atoms with Crippen LogP contribution in [0, 0.1) is 0 Å². The highest BCUT2D eigenvalue weighted by atomic mass is 16.4. The summed E-state index contributed by atoms with van der Waals surface area (Å²) in [5, 5.41) is 73.0. The lowest BCUT2D eigenvalue weighted by Gasteiger charge is -2.30. The minimum absolute atomic E-state index is 0.0561. The van der Waals surface area contributed by atoms with Crippen molar-refractivity contribution in [2.24, 2.45) is 0 Å². The number of aliphatic hydroxyl groups is 7.